The van der Waals surface area contributed by atoms with Gasteiger partial charge in [-0.1, -0.05) is 24.3 Å². The molecule has 0 amide bonds. The molecule has 4 atom stereocenters. The van der Waals surface area contributed by atoms with Crippen LogP contribution in [0.3, 0.4) is 0 Å². The molecule has 0 saturated carbocycles. The molecule has 0 aliphatic carbocycles. The Morgan fingerprint density at radius 3 is 2.14 bits per heavy atom. The molecular weight excluding hydrogens is 499 g/mol. The number of alkyl halides is 3. The van der Waals surface area contributed by atoms with Crippen molar-refractivity contribution in [1.29, 1.82) is 4.78 Å². The molecule has 3 aromatic carbocycles. The van der Waals surface area contributed by atoms with Gasteiger partial charge in [0.1, 0.15) is 15.7 Å². The van der Waals surface area contributed by atoms with E-state index in [0.29, 0.717) is 11.5 Å². The molecule has 2 aliphatic heterocycles. The van der Waals surface area contributed by atoms with Crippen molar-refractivity contribution in [2.75, 3.05) is 18.1 Å². The summed E-state index contributed by atoms with van der Waals surface area (Å²) in [5, 5.41) is 11.3. The monoisotopic (exact) mass is 521 g/mol. The van der Waals surface area contributed by atoms with Gasteiger partial charge in [0.05, 0.1) is 47.7 Å². The number of aliphatic hydroxyl groups is 1. The number of halogens is 3. The molecular formula is C24H22F3N3O5S. The highest BCUT2D eigenvalue weighted by Crippen LogP contribution is 2.48. The van der Waals surface area contributed by atoms with Gasteiger partial charge >= 0.3 is 6.36 Å². The minimum atomic E-state index is -4.86. The van der Waals surface area contributed by atoms with Gasteiger partial charge in [0.15, 0.2) is 11.5 Å². The molecule has 0 spiro atoms. The van der Waals surface area contributed by atoms with Gasteiger partial charge in [-0.15, -0.1) is 13.2 Å². The summed E-state index contributed by atoms with van der Waals surface area (Å²) in [5.41, 5.74) is 1.44. The highest BCUT2D eigenvalue weighted by atomic mass is 32.2. The fourth-order valence-electron chi connectivity index (χ4n) is 4.32. The largest absolute Gasteiger partial charge is 0.573 e. The number of nitrogens with zero attached hydrogens (tertiary/aromatic N) is 1. The molecule has 0 radical (unpaired) electrons. The lowest BCUT2D eigenvalue weighted by molar-refractivity contribution is -0.274. The van der Waals surface area contributed by atoms with E-state index in [1.165, 1.54) is 0 Å². The molecule has 0 aromatic heterocycles. The normalized spacial score (nSPS) is 23.1. The van der Waals surface area contributed by atoms with Gasteiger partial charge in [-0.3, -0.25) is 0 Å². The first-order chi connectivity index (χ1) is 17.1. The van der Waals surface area contributed by atoms with Crippen LogP contribution in [0.1, 0.15) is 0 Å². The molecule has 190 valence electrons. The van der Waals surface area contributed by atoms with Crippen molar-refractivity contribution in [3.63, 3.8) is 0 Å². The molecule has 0 bridgehead atoms. The number of anilines is 2. The number of benzene rings is 3. The maximum Gasteiger partial charge on any atom is 0.573 e. The zero-order chi connectivity index (χ0) is 25.5. The summed E-state index contributed by atoms with van der Waals surface area (Å²) in [5.74, 6) is 0.708. The fourth-order valence-corrected chi connectivity index (χ4v) is 5.61. The van der Waals surface area contributed by atoms with E-state index < -0.39 is 40.2 Å². The molecule has 12 heteroatoms. The van der Waals surface area contributed by atoms with Crippen LogP contribution < -0.4 is 19.1 Å². The smallest absolute Gasteiger partial charge is 0.453 e. The average Bonchev–Trinajstić information content (AvgIpc) is 2.83. The minimum absolute atomic E-state index is 0.0174. The summed E-state index contributed by atoms with van der Waals surface area (Å²) < 4.78 is 77.0. The molecule has 1 saturated heterocycles. The van der Waals surface area contributed by atoms with Crippen molar-refractivity contribution in [2.45, 2.75) is 29.4 Å². The minimum Gasteiger partial charge on any atom is -0.453 e. The Morgan fingerprint density at radius 1 is 0.972 bits per heavy atom. The Labute approximate surface area is 205 Å². The summed E-state index contributed by atoms with van der Waals surface area (Å²) in [4.78, 5) is 1.84. The maximum atomic E-state index is 13.2. The Kier molecular flexibility index (Phi) is 6.29. The predicted molar refractivity (Wildman–Crippen MR) is 125 cm³/mol. The molecule has 3 aromatic rings. The molecule has 8 nitrogen and oxygen atoms in total. The summed E-state index contributed by atoms with van der Waals surface area (Å²) in [7, 11) is -3.70. The van der Waals surface area contributed by atoms with Crippen LogP contribution in [0.2, 0.25) is 0 Å². The van der Waals surface area contributed by atoms with Crippen LogP contribution in [-0.2, 0) is 14.7 Å². The zero-order valence-electron chi connectivity index (χ0n) is 18.6. The van der Waals surface area contributed by atoms with Gasteiger partial charge in [-0.25, -0.2) is 13.7 Å². The standard InChI is InChI=1S/C24H22F3N3O5S/c25-24(26,27)35-15-9-11-16(12-10-15)36(28,32)29-17-13-33-14-20(23(17)31)30-18-5-1-3-7-21(18)34-22-8-4-2-6-19(22)30/h1-12,17,20,23,31H,13-14H2,(H2,28,29,32)/t17-,20-,23-,36?/m1/s1. The van der Waals surface area contributed by atoms with E-state index in [-0.39, 0.29) is 18.1 Å². The quantitative estimate of drug-likeness (QED) is 0.455. The Bertz CT molecular complexity index is 1310. The first-order valence-corrected chi connectivity index (χ1v) is 12.5. The summed E-state index contributed by atoms with van der Waals surface area (Å²) in [6.07, 6.45) is -5.98. The summed E-state index contributed by atoms with van der Waals surface area (Å²) in [6.45, 7) is 0.140. The number of ether oxygens (including phenoxy) is 3. The highest BCUT2D eigenvalue weighted by Gasteiger charge is 2.41. The van der Waals surface area contributed by atoms with E-state index in [4.69, 9.17) is 14.3 Å². The molecule has 5 rings (SSSR count). The fraction of sp³-hybridized carbons (Fsp3) is 0.250. The van der Waals surface area contributed by atoms with Gasteiger partial charge in [-0.2, -0.15) is 0 Å². The van der Waals surface area contributed by atoms with Crippen molar-refractivity contribution < 1.29 is 36.7 Å². The topological polar surface area (TPSA) is 104 Å². The number of hydrogen-bond acceptors (Lipinski definition) is 7. The van der Waals surface area contributed by atoms with Crippen molar-refractivity contribution in [2.24, 2.45) is 0 Å². The third kappa shape index (κ3) is 4.85. The number of para-hydroxylation sites is 4. The number of fused-ring (bicyclic) bond motifs is 2. The van der Waals surface area contributed by atoms with Crippen molar-refractivity contribution in [3.05, 3.63) is 72.8 Å². The van der Waals surface area contributed by atoms with E-state index in [0.717, 1.165) is 35.6 Å². The highest BCUT2D eigenvalue weighted by molar-refractivity contribution is 7.90. The lowest BCUT2D eigenvalue weighted by atomic mass is 9.98. The van der Waals surface area contributed by atoms with Crippen LogP contribution >= 0.6 is 0 Å². The van der Waals surface area contributed by atoms with Crippen molar-refractivity contribution >= 4 is 21.3 Å². The van der Waals surface area contributed by atoms with E-state index >= 15 is 0 Å². The van der Waals surface area contributed by atoms with Crippen LogP contribution in [0, 0.1) is 4.78 Å². The van der Waals surface area contributed by atoms with Crippen molar-refractivity contribution in [3.8, 4) is 17.2 Å². The van der Waals surface area contributed by atoms with Crippen molar-refractivity contribution in [1.82, 2.24) is 4.72 Å². The Hall–Kier alpha value is -3.32. The molecule has 2 heterocycles. The lowest BCUT2D eigenvalue weighted by Crippen LogP contribution is -2.60. The number of aliphatic hydroxyl groups excluding tert-OH is 1. The second kappa shape index (κ2) is 9.28. The van der Waals surface area contributed by atoms with Gasteiger partial charge in [0, 0.05) is 0 Å². The average molecular weight is 522 g/mol. The summed E-state index contributed by atoms with van der Waals surface area (Å²) in [6, 6.07) is 17.4. The van der Waals surface area contributed by atoms with Crippen LogP contribution in [0.4, 0.5) is 24.5 Å². The first kappa shape index (κ1) is 24.4. The van der Waals surface area contributed by atoms with E-state index in [9.17, 15) is 22.5 Å². The van der Waals surface area contributed by atoms with Gasteiger partial charge in [-0.05, 0) is 48.5 Å². The Morgan fingerprint density at radius 2 is 1.56 bits per heavy atom. The van der Waals surface area contributed by atoms with Gasteiger partial charge in [0.25, 0.3) is 0 Å². The predicted octanol–water partition coefficient (Wildman–Crippen LogP) is 4.57. The third-order valence-corrected chi connectivity index (χ3v) is 7.47. The van der Waals surface area contributed by atoms with E-state index in [1.54, 1.807) is 0 Å². The number of rotatable bonds is 5. The first-order valence-electron chi connectivity index (χ1n) is 11.0. The Balaban J connectivity index is 1.39. The molecule has 2 aliphatic rings. The third-order valence-electron chi connectivity index (χ3n) is 5.90. The van der Waals surface area contributed by atoms with Gasteiger partial charge in [0.2, 0.25) is 0 Å². The maximum absolute atomic E-state index is 13.2. The molecule has 1 fully saturated rings. The molecule has 36 heavy (non-hydrogen) atoms. The van der Waals surface area contributed by atoms with E-state index in [2.05, 4.69) is 9.46 Å². The summed E-state index contributed by atoms with van der Waals surface area (Å²) >= 11 is 0. The second-order valence-corrected chi connectivity index (χ2v) is 10.1. The van der Waals surface area contributed by atoms with Crippen LogP contribution in [0.25, 0.3) is 0 Å². The second-order valence-electron chi connectivity index (χ2n) is 8.30. The SMILES string of the molecule is N=S(=O)(N[C@@H]1COC[C@@H](N2c3ccccc3Oc3ccccc32)[C@@H]1O)c1ccc(OC(F)(F)F)cc1. The van der Waals surface area contributed by atoms with Crippen LogP contribution in [0.15, 0.2) is 77.7 Å². The van der Waals surface area contributed by atoms with Gasteiger partial charge < -0.3 is 24.2 Å². The van der Waals surface area contributed by atoms with Crippen LogP contribution in [0.5, 0.6) is 17.2 Å². The number of hydrogen-bond donors (Lipinski definition) is 3. The molecule has 1 unspecified atom stereocenters. The lowest BCUT2D eigenvalue weighted by Gasteiger charge is -2.44. The number of nitrogens with one attached hydrogen (secondary N) is 2. The van der Waals surface area contributed by atoms with E-state index in [1.807, 2.05) is 53.4 Å². The zero-order valence-corrected chi connectivity index (χ0v) is 19.5. The molecule has 3 N–H and O–H groups in total. The van der Waals surface area contributed by atoms with Crippen LogP contribution in [-0.4, -0.2) is 47.1 Å².